The Bertz CT molecular complexity index is 527. The predicted molar refractivity (Wildman–Crippen MR) is 104 cm³/mol. The largest absolute Gasteiger partial charge is 0.497 e. The van der Waals surface area contributed by atoms with E-state index in [1.165, 1.54) is 50.6 Å². The van der Waals surface area contributed by atoms with E-state index in [0.29, 0.717) is 6.04 Å². The van der Waals surface area contributed by atoms with E-state index in [-0.39, 0.29) is 5.41 Å². The molecule has 0 saturated heterocycles. The van der Waals surface area contributed by atoms with Gasteiger partial charge in [-0.05, 0) is 68.5 Å². The van der Waals surface area contributed by atoms with E-state index in [4.69, 9.17) is 4.74 Å². The maximum absolute atomic E-state index is 5.56. The summed E-state index contributed by atoms with van der Waals surface area (Å²) in [6.45, 7) is 10.6. The average Bonchev–Trinajstić information content (AvgIpc) is 2.55. The van der Waals surface area contributed by atoms with Gasteiger partial charge in [-0.15, -0.1) is 0 Å². The van der Waals surface area contributed by atoms with Crippen molar-refractivity contribution in [2.45, 2.75) is 77.7 Å². The van der Waals surface area contributed by atoms with Gasteiger partial charge in [0.25, 0.3) is 0 Å². The van der Waals surface area contributed by atoms with Crippen LogP contribution < -0.4 is 4.74 Å². The topological polar surface area (TPSA) is 12.5 Å². The monoisotopic (exact) mass is 331 g/mol. The molecular weight excluding hydrogens is 294 g/mol. The third kappa shape index (κ3) is 3.64. The quantitative estimate of drug-likeness (QED) is 0.629. The Labute approximate surface area is 149 Å². The average molecular weight is 332 g/mol. The van der Waals surface area contributed by atoms with E-state index in [1.807, 2.05) is 0 Å². The van der Waals surface area contributed by atoms with Crippen molar-refractivity contribution in [2.75, 3.05) is 20.7 Å². The number of likely N-dealkylation sites (N-methyl/N-ethyl adjacent to an activating group) is 1. The molecule has 1 aliphatic carbocycles. The molecular formula is C22H37NO. The van der Waals surface area contributed by atoms with Crippen LogP contribution in [-0.2, 0) is 11.8 Å². The van der Waals surface area contributed by atoms with Crippen LogP contribution >= 0.6 is 0 Å². The van der Waals surface area contributed by atoms with Gasteiger partial charge in [0.05, 0.1) is 7.11 Å². The first-order valence-corrected chi connectivity index (χ1v) is 9.89. The molecule has 3 atom stereocenters. The lowest BCUT2D eigenvalue weighted by atomic mass is 9.60. The summed E-state index contributed by atoms with van der Waals surface area (Å²) >= 11 is 0. The number of hydrogen-bond acceptors (Lipinski definition) is 2. The normalized spacial score (nSPS) is 26.5. The number of fused-ring (bicyclic) bond motifs is 1. The molecule has 0 spiro atoms. The van der Waals surface area contributed by atoms with Gasteiger partial charge in [-0.3, -0.25) is 0 Å². The molecule has 2 heteroatoms. The second-order valence-corrected chi connectivity index (χ2v) is 7.87. The zero-order valence-electron chi connectivity index (χ0n) is 16.7. The van der Waals surface area contributed by atoms with Crippen molar-refractivity contribution in [2.24, 2.45) is 5.92 Å². The standard InChI is InChI=1S/C22H37NO/c1-7-10-18-15-17-11-12-19(24-6)16-20(17)22(4,13-8-2)21(18)23(5)14-9-3/h11-12,16,18,21H,7-10,13-15H2,1-6H3/t18-,21-,22+/m0/s1. The van der Waals surface area contributed by atoms with Crippen molar-refractivity contribution in [1.29, 1.82) is 0 Å². The third-order valence-electron chi connectivity index (χ3n) is 5.99. The van der Waals surface area contributed by atoms with Gasteiger partial charge >= 0.3 is 0 Å². The van der Waals surface area contributed by atoms with E-state index in [1.54, 1.807) is 12.7 Å². The van der Waals surface area contributed by atoms with Crippen molar-refractivity contribution in [3.63, 3.8) is 0 Å². The van der Waals surface area contributed by atoms with Crippen LogP contribution in [0.25, 0.3) is 0 Å². The second kappa shape index (κ2) is 8.38. The molecule has 0 fully saturated rings. The molecule has 1 aromatic carbocycles. The molecule has 1 aliphatic rings. The maximum atomic E-state index is 5.56. The Morgan fingerprint density at radius 2 is 1.92 bits per heavy atom. The summed E-state index contributed by atoms with van der Waals surface area (Å²) < 4.78 is 5.56. The number of ether oxygens (including phenoxy) is 1. The first-order chi connectivity index (χ1) is 11.5. The Morgan fingerprint density at radius 1 is 1.17 bits per heavy atom. The molecule has 0 bridgehead atoms. The summed E-state index contributed by atoms with van der Waals surface area (Å²) in [5.74, 6) is 1.76. The highest BCUT2D eigenvalue weighted by molar-refractivity contribution is 5.44. The fourth-order valence-corrected chi connectivity index (χ4v) is 5.24. The molecule has 1 aromatic rings. The predicted octanol–water partition coefficient (Wildman–Crippen LogP) is 5.44. The van der Waals surface area contributed by atoms with Crippen LogP contribution in [0, 0.1) is 5.92 Å². The molecule has 0 heterocycles. The van der Waals surface area contributed by atoms with E-state index >= 15 is 0 Å². The Morgan fingerprint density at radius 3 is 2.50 bits per heavy atom. The van der Waals surface area contributed by atoms with Gasteiger partial charge in [0.1, 0.15) is 5.75 Å². The molecule has 0 radical (unpaired) electrons. The molecule has 0 saturated carbocycles. The van der Waals surface area contributed by atoms with Crippen LogP contribution in [0.15, 0.2) is 18.2 Å². The lowest BCUT2D eigenvalue weighted by Gasteiger charge is -2.51. The van der Waals surface area contributed by atoms with Crippen molar-refractivity contribution < 1.29 is 4.74 Å². The van der Waals surface area contributed by atoms with Crippen LogP contribution in [0.1, 0.15) is 70.9 Å². The number of methoxy groups -OCH3 is 1. The van der Waals surface area contributed by atoms with Crippen molar-refractivity contribution >= 4 is 0 Å². The zero-order valence-corrected chi connectivity index (χ0v) is 16.7. The zero-order chi connectivity index (χ0) is 17.7. The van der Waals surface area contributed by atoms with Crippen molar-refractivity contribution in [3.05, 3.63) is 29.3 Å². The van der Waals surface area contributed by atoms with Crippen LogP contribution in [0.4, 0.5) is 0 Å². The Hall–Kier alpha value is -1.02. The summed E-state index contributed by atoms with van der Waals surface area (Å²) in [6.07, 6.45) is 7.50. The highest BCUT2D eigenvalue weighted by Crippen LogP contribution is 2.47. The highest BCUT2D eigenvalue weighted by Gasteiger charge is 2.46. The second-order valence-electron chi connectivity index (χ2n) is 7.87. The summed E-state index contributed by atoms with van der Waals surface area (Å²) in [4.78, 5) is 2.65. The van der Waals surface area contributed by atoms with Gasteiger partial charge in [-0.25, -0.2) is 0 Å². The lowest BCUT2D eigenvalue weighted by Crippen LogP contribution is -2.55. The number of nitrogens with zero attached hydrogens (tertiary/aromatic N) is 1. The van der Waals surface area contributed by atoms with Crippen molar-refractivity contribution in [3.8, 4) is 5.75 Å². The summed E-state index contributed by atoms with van der Waals surface area (Å²) in [7, 11) is 4.12. The van der Waals surface area contributed by atoms with E-state index < -0.39 is 0 Å². The molecule has 0 aliphatic heterocycles. The summed E-state index contributed by atoms with van der Waals surface area (Å²) in [5.41, 5.74) is 3.29. The Kier molecular flexibility index (Phi) is 6.74. The molecule has 0 unspecified atom stereocenters. The summed E-state index contributed by atoms with van der Waals surface area (Å²) in [6, 6.07) is 7.40. The van der Waals surface area contributed by atoms with Crippen LogP contribution in [0.2, 0.25) is 0 Å². The number of hydrogen-bond donors (Lipinski definition) is 0. The molecule has 2 rings (SSSR count). The fourth-order valence-electron chi connectivity index (χ4n) is 5.24. The Balaban J connectivity index is 2.54. The molecule has 0 aromatic heterocycles. The lowest BCUT2D eigenvalue weighted by molar-refractivity contribution is 0.0738. The molecule has 24 heavy (non-hydrogen) atoms. The van der Waals surface area contributed by atoms with Gasteiger partial charge < -0.3 is 9.64 Å². The van der Waals surface area contributed by atoms with E-state index in [9.17, 15) is 0 Å². The van der Waals surface area contributed by atoms with Gasteiger partial charge in [-0.1, -0.05) is 46.6 Å². The van der Waals surface area contributed by atoms with Crippen LogP contribution in [0.5, 0.6) is 5.75 Å². The molecule has 0 N–H and O–H groups in total. The number of benzene rings is 1. The highest BCUT2D eigenvalue weighted by atomic mass is 16.5. The van der Waals surface area contributed by atoms with E-state index in [0.717, 1.165) is 11.7 Å². The first kappa shape index (κ1) is 19.3. The molecule has 0 amide bonds. The molecule has 136 valence electrons. The minimum Gasteiger partial charge on any atom is -0.497 e. The van der Waals surface area contributed by atoms with Crippen LogP contribution in [0.3, 0.4) is 0 Å². The van der Waals surface area contributed by atoms with Gasteiger partial charge in [-0.2, -0.15) is 0 Å². The van der Waals surface area contributed by atoms with Gasteiger partial charge in [0.2, 0.25) is 0 Å². The van der Waals surface area contributed by atoms with E-state index in [2.05, 4.69) is 57.8 Å². The molecule has 2 nitrogen and oxygen atoms in total. The summed E-state index contributed by atoms with van der Waals surface area (Å²) in [5, 5.41) is 0. The van der Waals surface area contributed by atoms with Gasteiger partial charge in [0, 0.05) is 11.5 Å². The minimum atomic E-state index is 0.209. The smallest absolute Gasteiger partial charge is 0.119 e. The van der Waals surface area contributed by atoms with Gasteiger partial charge in [0.15, 0.2) is 0 Å². The maximum Gasteiger partial charge on any atom is 0.119 e. The first-order valence-electron chi connectivity index (χ1n) is 9.89. The SMILES string of the molecule is CCC[C@H]1Cc2ccc(OC)cc2[C@@](C)(CCC)[C@H]1N(C)CCC. The third-order valence-corrected chi connectivity index (χ3v) is 5.99. The van der Waals surface area contributed by atoms with Crippen molar-refractivity contribution in [1.82, 2.24) is 4.90 Å². The van der Waals surface area contributed by atoms with Crippen LogP contribution in [-0.4, -0.2) is 31.6 Å². The number of rotatable bonds is 8. The fraction of sp³-hybridized carbons (Fsp3) is 0.727. The minimum absolute atomic E-state index is 0.209.